The molecule has 0 aliphatic rings. The van der Waals surface area contributed by atoms with E-state index in [0.29, 0.717) is 11.1 Å². The first-order valence-corrected chi connectivity index (χ1v) is 10.5. The van der Waals surface area contributed by atoms with E-state index in [2.05, 4.69) is 45.3 Å². The molecule has 3 aromatic carbocycles. The second kappa shape index (κ2) is 12.6. The molecule has 0 bridgehead atoms. The maximum atomic E-state index is 12.2. The van der Waals surface area contributed by atoms with Crippen LogP contribution < -0.4 is 10.9 Å². The van der Waals surface area contributed by atoms with Crippen LogP contribution in [0.15, 0.2) is 95.1 Å². The Kier molecular flexibility index (Phi) is 8.90. The standard InChI is InChI=1S/C26H26N4O2/c31-25(29-27-19-7-13-21-9-3-1-4-10-21)23-15-17-24(18-16-23)26(32)30-28-20-8-14-22-11-5-2-6-12-22/h1-6,9-12,15-20H,7-8,13-14H2,(H,29,31)(H,30,32)/b27-19+,28-20+. The monoisotopic (exact) mass is 426 g/mol. The fourth-order valence-corrected chi connectivity index (χ4v) is 2.99. The Hall–Kier alpha value is -4.06. The highest BCUT2D eigenvalue weighted by atomic mass is 16.2. The number of nitrogens with zero attached hydrogens (tertiary/aromatic N) is 2. The zero-order valence-corrected chi connectivity index (χ0v) is 17.8. The van der Waals surface area contributed by atoms with Crippen molar-refractivity contribution in [2.75, 3.05) is 0 Å². The summed E-state index contributed by atoms with van der Waals surface area (Å²) in [6.45, 7) is 0. The zero-order chi connectivity index (χ0) is 22.4. The number of carbonyl (C=O) groups excluding carboxylic acids is 2. The smallest absolute Gasteiger partial charge is 0.267 e. The van der Waals surface area contributed by atoms with Crippen molar-refractivity contribution in [1.29, 1.82) is 0 Å². The number of aryl methyl sites for hydroxylation is 2. The van der Waals surface area contributed by atoms with Crippen molar-refractivity contribution in [2.45, 2.75) is 25.7 Å². The Balaban J connectivity index is 1.38. The summed E-state index contributed by atoms with van der Waals surface area (Å²) in [7, 11) is 0. The highest BCUT2D eigenvalue weighted by Crippen LogP contribution is 2.05. The van der Waals surface area contributed by atoms with E-state index in [9.17, 15) is 9.59 Å². The van der Waals surface area contributed by atoms with Gasteiger partial charge < -0.3 is 0 Å². The van der Waals surface area contributed by atoms with E-state index in [1.54, 1.807) is 36.7 Å². The van der Waals surface area contributed by atoms with Crippen molar-refractivity contribution in [3.8, 4) is 0 Å². The number of hydrazone groups is 2. The topological polar surface area (TPSA) is 82.9 Å². The first kappa shape index (κ1) is 22.6. The lowest BCUT2D eigenvalue weighted by Gasteiger charge is -2.03. The number of rotatable bonds is 10. The largest absolute Gasteiger partial charge is 0.271 e. The minimum atomic E-state index is -0.327. The lowest BCUT2D eigenvalue weighted by molar-refractivity contribution is 0.0943. The lowest BCUT2D eigenvalue weighted by Crippen LogP contribution is -2.19. The van der Waals surface area contributed by atoms with Crippen molar-refractivity contribution in [2.24, 2.45) is 10.2 Å². The molecule has 0 radical (unpaired) electrons. The summed E-state index contributed by atoms with van der Waals surface area (Å²) in [6.07, 6.45) is 6.55. The minimum absolute atomic E-state index is 0.327. The average molecular weight is 427 g/mol. The fourth-order valence-electron chi connectivity index (χ4n) is 2.99. The van der Waals surface area contributed by atoms with Gasteiger partial charge in [0.25, 0.3) is 11.8 Å². The number of amides is 2. The molecular weight excluding hydrogens is 400 g/mol. The van der Waals surface area contributed by atoms with Gasteiger partial charge >= 0.3 is 0 Å². The van der Waals surface area contributed by atoms with E-state index in [1.165, 1.54) is 11.1 Å². The highest BCUT2D eigenvalue weighted by molar-refractivity contribution is 5.97. The van der Waals surface area contributed by atoms with Crippen molar-refractivity contribution < 1.29 is 9.59 Å². The van der Waals surface area contributed by atoms with Gasteiger partial charge in [-0.3, -0.25) is 9.59 Å². The third-order valence-corrected chi connectivity index (χ3v) is 4.73. The molecule has 0 aliphatic carbocycles. The number of benzene rings is 3. The quantitative estimate of drug-likeness (QED) is 0.372. The van der Waals surface area contributed by atoms with Crippen molar-refractivity contribution in [1.82, 2.24) is 10.9 Å². The fraction of sp³-hybridized carbons (Fsp3) is 0.154. The molecule has 2 amide bonds. The minimum Gasteiger partial charge on any atom is -0.267 e. The second-order valence-electron chi connectivity index (χ2n) is 7.13. The van der Waals surface area contributed by atoms with Gasteiger partial charge in [0, 0.05) is 23.6 Å². The van der Waals surface area contributed by atoms with Crippen LogP contribution in [-0.2, 0) is 12.8 Å². The zero-order valence-electron chi connectivity index (χ0n) is 17.8. The van der Waals surface area contributed by atoms with Crippen molar-refractivity contribution >= 4 is 24.2 Å². The molecule has 32 heavy (non-hydrogen) atoms. The van der Waals surface area contributed by atoms with Crippen LogP contribution in [0.2, 0.25) is 0 Å². The average Bonchev–Trinajstić information content (AvgIpc) is 2.85. The third-order valence-electron chi connectivity index (χ3n) is 4.73. The molecule has 162 valence electrons. The van der Waals surface area contributed by atoms with Gasteiger partial charge in [0.2, 0.25) is 0 Å². The summed E-state index contributed by atoms with van der Waals surface area (Å²) in [6, 6.07) is 26.5. The molecule has 0 aromatic heterocycles. The van der Waals surface area contributed by atoms with Crippen LogP contribution in [0, 0.1) is 0 Å². The van der Waals surface area contributed by atoms with Gasteiger partial charge in [-0.05, 0) is 61.1 Å². The maximum absolute atomic E-state index is 12.2. The Bertz CT molecular complexity index is 960. The van der Waals surface area contributed by atoms with Gasteiger partial charge in [0.1, 0.15) is 0 Å². The van der Waals surface area contributed by atoms with Crippen LogP contribution in [0.5, 0.6) is 0 Å². The molecule has 0 heterocycles. The predicted molar refractivity (Wildman–Crippen MR) is 128 cm³/mol. The molecule has 0 atom stereocenters. The van der Waals surface area contributed by atoms with E-state index in [4.69, 9.17) is 0 Å². The summed E-state index contributed by atoms with van der Waals surface area (Å²) in [5, 5.41) is 7.95. The molecule has 3 aromatic rings. The predicted octanol–water partition coefficient (Wildman–Crippen LogP) is 4.38. The maximum Gasteiger partial charge on any atom is 0.271 e. The van der Waals surface area contributed by atoms with E-state index in [-0.39, 0.29) is 11.8 Å². The number of hydrogen-bond donors (Lipinski definition) is 2. The Morgan fingerprint density at radius 3 is 1.34 bits per heavy atom. The van der Waals surface area contributed by atoms with Crippen LogP contribution >= 0.6 is 0 Å². The molecule has 0 saturated carbocycles. The summed E-state index contributed by atoms with van der Waals surface area (Å²) in [4.78, 5) is 24.3. The van der Waals surface area contributed by atoms with Gasteiger partial charge in [-0.1, -0.05) is 60.7 Å². The summed E-state index contributed by atoms with van der Waals surface area (Å²) in [5.74, 6) is -0.654. The first-order valence-electron chi connectivity index (χ1n) is 10.5. The SMILES string of the molecule is O=C(N/N=C/CCc1ccccc1)c1ccc(C(=O)N/N=C/CCc2ccccc2)cc1. The van der Waals surface area contributed by atoms with Crippen LogP contribution in [-0.4, -0.2) is 24.2 Å². The lowest BCUT2D eigenvalue weighted by atomic mass is 10.1. The Morgan fingerprint density at radius 1 is 0.594 bits per heavy atom. The Morgan fingerprint density at radius 2 is 0.969 bits per heavy atom. The van der Waals surface area contributed by atoms with E-state index < -0.39 is 0 Å². The summed E-state index contributed by atoms with van der Waals surface area (Å²) in [5.41, 5.74) is 8.30. The van der Waals surface area contributed by atoms with Gasteiger partial charge in [-0.15, -0.1) is 0 Å². The van der Waals surface area contributed by atoms with Crippen LogP contribution in [0.25, 0.3) is 0 Å². The van der Waals surface area contributed by atoms with Crippen LogP contribution in [0.3, 0.4) is 0 Å². The second-order valence-corrected chi connectivity index (χ2v) is 7.13. The molecule has 3 rings (SSSR count). The van der Waals surface area contributed by atoms with E-state index >= 15 is 0 Å². The third kappa shape index (κ3) is 7.65. The van der Waals surface area contributed by atoms with Crippen LogP contribution in [0.4, 0.5) is 0 Å². The van der Waals surface area contributed by atoms with Crippen LogP contribution in [0.1, 0.15) is 44.7 Å². The number of carbonyl (C=O) groups is 2. The van der Waals surface area contributed by atoms with E-state index in [1.807, 2.05) is 36.4 Å². The first-order chi connectivity index (χ1) is 15.7. The van der Waals surface area contributed by atoms with Gasteiger partial charge in [-0.25, -0.2) is 10.9 Å². The highest BCUT2D eigenvalue weighted by Gasteiger charge is 2.07. The van der Waals surface area contributed by atoms with Crippen molar-refractivity contribution in [3.63, 3.8) is 0 Å². The molecule has 0 unspecified atom stereocenters. The molecule has 2 N–H and O–H groups in total. The molecule has 6 nitrogen and oxygen atoms in total. The molecule has 0 spiro atoms. The van der Waals surface area contributed by atoms with Gasteiger partial charge in [0.15, 0.2) is 0 Å². The molecular formula is C26H26N4O2. The number of nitrogens with one attached hydrogen (secondary N) is 2. The summed E-state index contributed by atoms with van der Waals surface area (Å²) < 4.78 is 0. The normalized spacial score (nSPS) is 11.0. The van der Waals surface area contributed by atoms with Gasteiger partial charge in [0.05, 0.1) is 0 Å². The molecule has 6 heteroatoms. The molecule has 0 aliphatic heterocycles. The van der Waals surface area contributed by atoms with Crippen molar-refractivity contribution in [3.05, 3.63) is 107 Å². The van der Waals surface area contributed by atoms with Gasteiger partial charge in [-0.2, -0.15) is 10.2 Å². The molecule has 0 fully saturated rings. The molecule has 0 saturated heterocycles. The Labute approximate surface area is 188 Å². The number of hydrogen-bond acceptors (Lipinski definition) is 4. The van der Waals surface area contributed by atoms with E-state index in [0.717, 1.165) is 25.7 Å². The summed E-state index contributed by atoms with van der Waals surface area (Å²) >= 11 is 0.